The first-order valence-corrected chi connectivity index (χ1v) is 11.8. The molecule has 2 fully saturated rings. The van der Waals surface area contributed by atoms with Crippen molar-refractivity contribution >= 4 is 23.4 Å². The van der Waals surface area contributed by atoms with Gasteiger partial charge in [-0.05, 0) is 48.7 Å². The summed E-state index contributed by atoms with van der Waals surface area (Å²) in [5.74, 6) is -0.466. The van der Waals surface area contributed by atoms with Crippen LogP contribution in [0.5, 0.6) is 0 Å². The molecule has 2 N–H and O–H groups in total. The maximum atomic E-state index is 12.4. The van der Waals surface area contributed by atoms with E-state index in [-0.39, 0.29) is 30.4 Å². The number of hydrogen-bond donors (Lipinski definition) is 2. The normalized spacial score (nSPS) is 18.7. The van der Waals surface area contributed by atoms with Gasteiger partial charge in [-0.2, -0.15) is 0 Å². The highest BCUT2D eigenvalue weighted by Gasteiger charge is 2.22. The van der Waals surface area contributed by atoms with Gasteiger partial charge in [0.15, 0.2) is 0 Å². The Bertz CT molecular complexity index is 1020. The van der Waals surface area contributed by atoms with Crippen molar-refractivity contribution in [1.29, 1.82) is 0 Å². The molecule has 8 heteroatoms. The molecule has 8 nitrogen and oxygen atoms in total. The third-order valence-electron chi connectivity index (χ3n) is 6.14. The Balaban J connectivity index is 1.21. The molecule has 180 valence electrons. The average Bonchev–Trinajstić information content (AvgIpc) is 3.27. The fraction of sp³-hybridized carbons (Fsp3) is 0.423. The van der Waals surface area contributed by atoms with Crippen molar-refractivity contribution in [2.24, 2.45) is 0 Å². The van der Waals surface area contributed by atoms with E-state index >= 15 is 0 Å². The van der Waals surface area contributed by atoms with Crippen LogP contribution >= 0.6 is 0 Å². The molecule has 2 heterocycles. The van der Waals surface area contributed by atoms with Gasteiger partial charge in [0.2, 0.25) is 11.8 Å². The lowest BCUT2D eigenvalue weighted by atomic mass is 10.1. The first-order chi connectivity index (χ1) is 16.5. The summed E-state index contributed by atoms with van der Waals surface area (Å²) in [7, 11) is 0. The van der Waals surface area contributed by atoms with Crippen molar-refractivity contribution in [3.8, 4) is 0 Å². The van der Waals surface area contributed by atoms with Gasteiger partial charge in [0.1, 0.15) is 0 Å². The third kappa shape index (κ3) is 6.42. The largest absolute Gasteiger partial charge is 0.376 e. The minimum absolute atomic E-state index is 0.101. The Labute approximate surface area is 200 Å². The fourth-order valence-corrected chi connectivity index (χ4v) is 4.37. The van der Waals surface area contributed by atoms with Gasteiger partial charge >= 0.3 is 0 Å². The molecule has 34 heavy (non-hydrogen) atoms. The van der Waals surface area contributed by atoms with Crippen LogP contribution in [0.25, 0.3) is 0 Å². The van der Waals surface area contributed by atoms with Gasteiger partial charge < -0.3 is 20.3 Å². The minimum Gasteiger partial charge on any atom is -0.376 e. The molecule has 4 rings (SSSR count). The second-order valence-corrected chi connectivity index (χ2v) is 8.89. The van der Waals surface area contributed by atoms with Crippen LogP contribution in [0.4, 0.5) is 5.69 Å². The molecule has 0 aliphatic carbocycles. The number of hydrogen-bond acceptors (Lipinski definition) is 5. The molecule has 2 aromatic rings. The lowest BCUT2D eigenvalue weighted by molar-refractivity contribution is -0.120. The topological polar surface area (TPSA) is 91.0 Å². The van der Waals surface area contributed by atoms with Crippen molar-refractivity contribution in [3.05, 3.63) is 65.2 Å². The third-order valence-corrected chi connectivity index (χ3v) is 6.14. The summed E-state index contributed by atoms with van der Waals surface area (Å²) < 4.78 is 5.60. The first-order valence-electron chi connectivity index (χ1n) is 11.8. The number of carbonyl (C=O) groups is 3. The molecule has 3 amide bonds. The van der Waals surface area contributed by atoms with Crippen molar-refractivity contribution < 1.29 is 19.1 Å². The fourth-order valence-electron chi connectivity index (χ4n) is 4.37. The number of benzene rings is 2. The summed E-state index contributed by atoms with van der Waals surface area (Å²) in [5.41, 5.74) is 3.47. The Kier molecular flexibility index (Phi) is 7.92. The first kappa shape index (κ1) is 23.9. The second kappa shape index (κ2) is 11.3. The molecule has 1 unspecified atom stereocenters. The van der Waals surface area contributed by atoms with Crippen LogP contribution in [0.2, 0.25) is 0 Å². The van der Waals surface area contributed by atoms with Crippen LogP contribution < -0.4 is 15.5 Å². The van der Waals surface area contributed by atoms with Crippen LogP contribution in [-0.4, -0.2) is 61.5 Å². The molecule has 0 saturated carbocycles. The van der Waals surface area contributed by atoms with Crippen LogP contribution in [0.15, 0.2) is 48.5 Å². The number of nitrogens with zero attached hydrogens (tertiary/aromatic N) is 2. The van der Waals surface area contributed by atoms with E-state index in [0.29, 0.717) is 25.1 Å². The molecule has 2 aromatic carbocycles. The summed E-state index contributed by atoms with van der Waals surface area (Å²) in [6, 6.07) is 15.1. The maximum Gasteiger partial charge on any atom is 0.251 e. The van der Waals surface area contributed by atoms with E-state index in [0.717, 1.165) is 43.9 Å². The summed E-state index contributed by atoms with van der Waals surface area (Å²) in [5, 5.41) is 5.52. The van der Waals surface area contributed by atoms with E-state index in [1.165, 1.54) is 5.56 Å². The number of carbonyl (C=O) groups excluding carboxylic acids is 3. The molecule has 0 aromatic heterocycles. The SMILES string of the molecule is CC1CN(Cc2cccc(CNC(=O)CNC(=O)c3ccc(N4CCCC4=O)cc3)c2)CCO1. The standard InChI is InChI=1S/C26H32N4O4/c1-19-17-29(12-13-34-19)18-21-5-2-4-20(14-21)15-27-24(31)16-28-26(33)22-7-9-23(10-8-22)30-11-3-6-25(30)32/h2,4-5,7-10,14,19H,3,6,11-13,15-18H2,1H3,(H,27,31)(H,28,33). The van der Waals surface area contributed by atoms with Gasteiger partial charge in [0.05, 0.1) is 19.3 Å². The molecule has 1 atom stereocenters. The van der Waals surface area contributed by atoms with E-state index in [1.54, 1.807) is 29.2 Å². The lowest BCUT2D eigenvalue weighted by Crippen LogP contribution is -2.40. The van der Waals surface area contributed by atoms with Crippen LogP contribution in [0.1, 0.15) is 41.3 Å². The number of anilines is 1. The molecule has 2 aliphatic heterocycles. The highest BCUT2D eigenvalue weighted by atomic mass is 16.5. The second-order valence-electron chi connectivity index (χ2n) is 8.89. The van der Waals surface area contributed by atoms with E-state index in [2.05, 4.69) is 34.6 Å². The van der Waals surface area contributed by atoms with Gasteiger partial charge in [-0.3, -0.25) is 19.3 Å². The molecular weight excluding hydrogens is 432 g/mol. The Morgan fingerprint density at radius 1 is 1.06 bits per heavy atom. The summed E-state index contributed by atoms with van der Waals surface area (Å²) >= 11 is 0. The highest BCUT2D eigenvalue weighted by molar-refractivity contribution is 5.98. The van der Waals surface area contributed by atoms with Gasteiger partial charge in [-0.1, -0.05) is 24.3 Å². The zero-order chi connectivity index (χ0) is 23.9. The van der Waals surface area contributed by atoms with E-state index < -0.39 is 0 Å². The van der Waals surface area contributed by atoms with Gasteiger partial charge in [-0.25, -0.2) is 0 Å². The maximum absolute atomic E-state index is 12.4. The van der Waals surface area contributed by atoms with Crippen LogP contribution in [-0.2, 0) is 27.4 Å². The van der Waals surface area contributed by atoms with E-state index in [4.69, 9.17) is 4.74 Å². The molecule has 0 radical (unpaired) electrons. The highest BCUT2D eigenvalue weighted by Crippen LogP contribution is 2.21. The Morgan fingerprint density at radius 2 is 1.85 bits per heavy atom. The van der Waals surface area contributed by atoms with Crippen LogP contribution in [0, 0.1) is 0 Å². The zero-order valence-electron chi connectivity index (χ0n) is 19.6. The smallest absolute Gasteiger partial charge is 0.251 e. The minimum atomic E-state index is -0.323. The summed E-state index contributed by atoms with van der Waals surface area (Å²) in [4.78, 5) is 40.6. The number of nitrogens with one attached hydrogen (secondary N) is 2. The van der Waals surface area contributed by atoms with E-state index in [9.17, 15) is 14.4 Å². The van der Waals surface area contributed by atoms with Crippen molar-refractivity contribution in [2.45, 2.75) is 39.0 Å². The van der Waals surface area contributed by atoms with Gasteiger partial charge in [0, 0.05) is 50.4 Å². The average molecular weight is 465 g/mol. The summed E-state index contributed by atoms with van der Waals surface area (Å²) in [6.07, 6.45) is 1.67. The number of ether oxygens (including phenoxy) is 1. The predicted octanol–water partition coefficient (Wildman–Crippen LogP) is 2.08. The molecular formula is C26H32N4O4. The molecule has 2 saturated heterocycles. The Morgan fingerprint density at radius 3 is 2.59 bits per heavy atom. The van der Waals surface area contributed by atoms with E-state index in [1.807, 2.05) is 12.1 Å². The van der Waals surface area contributed by atoms with Crippen molar-refractivity contribution in [2.75, 3.05) is 37.7 Å². The summed E-state index contributed by atoms with van der Waals surface area (Å²) in [6.45, 7) is 6.55. The van der Waals surface area contributed by atoms with Gasteiger partial charge in [0.25, 0.3) is 5.91 Å². The molecule has 0 spiro atoms. The predicted molar refractivity (Wildman–Crippen MR) is 129 cm³/mol. The number of morpholine rings is 1. The van der Waals surface area contributed by atoms with Crippen molar-refractivity contribution in [1.82, 2.24) is 15.5 Å². The molecule has 2 aliphatic rings. The molecule has 0 bridgehead atoms. The lowest BCUT2D eigenvalue weighted by Gasteiger charge is -2.31. The quantitative estimate of drug-likeness (QED) is 0.624. The Hall–Kier alpha value is -3.23. The zero-order valence-corrected chi connectivity index (χ0v) is 19.6. The van der Waals surface area contributed by atoms with Crippen molar-refractivity contribution in [3.63, 3.8) is 0 Å². The monoisotopic (exact) mass is 464 g/mol. The number of amides is 3. The number of rotatable bonds is 8. The van der Waals surface area contributed by atoms with Gasteiger partial charge in [-0.15, -0.1) is 0 Å². The van der Waals surface area contributed by atoms with Crippen LogP contribution in [0.3, 0.4) is 0 Å².